The first-order chi connectivity index (χ1) is 14.9. The van der Waals surface area contributed by atoms with Gasteiger partial charge < -0.3 is 14.1 Å². The summed E-state index contributed by atoms with van der Waals surface area (Å²) in [7, 11) is -2.63. The molecule has 0 fully saturated rings. The number of carbonyl (C=O) groups is 1. The molecule has 13 heteroatoms. The maximum atomic E-state index is 12.2. The normalized spacial score (nSPS) is 12.3. The Morgan fingerprint density at radius 2 is 2.00 bits per heavy atom. The second-order valence-corrected chi connectivity index (χ2v) is 9.20. The maximum Gasteiger partial charge on any atom is 0.422 e. The Morgan fingerprint density at radius 1 is 1.28 bits per heavy atom. The van der Waals surface area contributed by atoms with Crippen LogP contribution >= 0.6 is 11.6 Å². The van der Waals surface area contributed by atoms with Gasteiger partial charge in [0.05, 0.1) is 23.4 Å². The molecular formula is C19H20ClF3N4O4S. The Balaban J connectivity index is 1.75. The number of aryl methyl sites for hydroxylation is 2. The summed E-state index contributed by atoms with van der Waals surface area (Å²) >= 11 is 6.04. The van der Waals surface area contributed by atoms with Crippen LogP contribution in [0.25, 0.3) is 16.7 Å². The molecule has 3 rings (SSSR count). The van der Waals surface area contributed by atoms with Crippen molar-refractivity contribution in [2.45, 2.75) is 25.9 Å². The smallest absolute Gasteiger partial charge is 0.328 e. The Labute approximate surface area is 187 Å². The van der Waals surface area contributed by atoms with Gasteiger partial charge in [0, 0.05) is 35.8 Å². The highest BCUT2D eigenvalue weighted by Gasteiger charge is 2.27. The van der Waals surface area contributed by atoms with Crippen molar-refractivity contribution < 1.29 is 30.6 Å². The molecule has 0 saturated heterocycles. The van der Waals surface area contributed by atoms with Gasteiger partial charge in [0.25, 0.3) is 0 Å². The monoisotopic (exact) mass is 492 g/mol. The van der Waals surface area contributed by atoms with Gasteiger partial charge in [0.1, 0.15) is 5.82 Å². The molecule has 0 spiro atoms. The van der Waals surface area contributed by atoms with Gasteiger partial charge in [-0.15, -0.1) is 0 Å². The van der Waals surface area contributed by atoms with Gasteiger partial charge in [0.15, 0.2) is 0 Å². The minimum Gasteiger partial charge on any atom is -0.328 e. The Bertz CT molecular complexity index is 1250. The van der Waals surface area contributed by atoms with Crippen molar-refractivity contribution in [3.8, 4) is 5.82 Å². The molecule has 32 heavy (non-hydrogen) atoms. The molecule has 1 amide bonds. The summed E-state index contributed by atoms with van der Waals surface area (Å²) in [6.45, 7) is 0.938. The van der Waals surface area contributed by atoms with Crippen LogP contribution < -0.4 is 5.32 Å². The molecule has 0 radical (unpaired) electrons. The number of nitrogens with zero attached hydrogens (tertiary/aromatic N) is 3. The topological polar surface area (TPSA) is 95.2 Å². The lowest BCUT2D eigenvalue weighted by Crippen LogP contribution is -2.31. The molecule has 0 unspecified atom stereocenters. The number of rotatable bonds is 7. The number of aromatic nitrogens is 3. The summed E-state index contributed by atoms with van der Waals surface area (Å²) in [5.41, 5.74) is 2.04. The summed E-state index contributed by atoms with van der Waals surface area (Å²) in [4.78, 5) is 11.5. The van der Waals surface area contributed by atoms with Crippen molar-refractivity contribution >= 4 is 38.7 Å². The van der Waals surface area contributed by atoms with Crippen LogP contribution in [-0.2, 0) is 27.8 Å². The van der Waals surface area contributed by atoms with Gasteiger partial charge >= 0.3 is 22.4 Å². The van der Waals surface area contributed by atoms with Gasteiger partial charge in [-0.2, -0.15) is 26.7 Å². The van der Waals surface area contributed by atoms with E-state index in [0.29, 0.717) is 22.1 Å². The molecule has 2 heterocycles. The second kappa shape index (κ2) is 9.02. The van der Waals surface area contributed by atoms with E-state index in [1.165, 1.54) is 0 Å². The number of alkyl halides is 3. The Kier molecular flexibility index (Phi) is 6.75. The van der Waals surface area contributed by atoms with Crippen LogP contribution in [0.15, 0.2) is 30.5 Å². The summed E-state index contributed by atoms with van der Waals surface area (Å²) in [6.07, 6.45) is -5.45. The first kappa shape index (κ1) is 23.9. The molecule has 0 aliphatic rings. The molecule has 0 aliphatic heterocycles. The predicted molar refractivity (Wildman–Crippen MR) is 112 cm³/mol. The molecule has 0 bridgehead atoms. The van der Waals surface area contributed by atoms with E-state index in [4.69, 9.17) is 11.6 Å². The third-order valence-corrected chi connectivity index (χ3v) is 6.02. The molecule has 0 aliphatic carbocycles. The van der Waals surface area contributed by atoms with Gasteiger partial charge in [-0.3, -0.25) is 4.68 Å². The van der Waals surface area contributed by atoms with Crippen LogP contribution in [0.2, 0.25) is 5.02 Å². The minimum absolute atomic E-state index is 0.0273. The zero-order chi connectivity index (χ0) is 23.7. The van der Waals surface area contributed by atoms with Gasteiger partial charge in [0.2, 0.25) is 0 Å². The SMILES string of the molecule is Cc1nn(C)c(-n2ccc3cc(Cl)ccc32)c1CCS(=O)(=O)OC(=O)NCCC(F)(F)F. The zero-order valence-electron chi connectivity index (χ0n) is 17.1. The fourth-order valence-corrected chi connectivity index (χ4v) is 4.31. The van der Waals surface area contributed by atoms with Crippen LogP contribution in [0.3, 0.4) is 0 Å². The zero-order valence-corrected chi connectivity index (χ0v) is 18.7. The lowest BCUT2D eigenvalue weighted by atomic mass is 10.2. The van der Waals surface area contributed by atoms with Crippen LogP contribution in [0, 0.1) is 6.92 Å². The van der Waals surface area contributed by atoms with Crippen molar-refractivity contribution in [3.63, 3.8) is 0 Å². The molecular weight excluding hydrogens is 473 g/mol. The molecule has 0 atom stereocenters. The van der Waals surface area contributed by atoms with Crippen molar-refractivity contribution in [3.05, 3.63) is 46.7 Å². The van der Waals surface area contributed by atoms with Gasteiger partial charge in [-0.25, -0.2) is 4.79 Å². The second-order valence-electron chi connectivity index (χ2n) is 7.07. The molecule has 174 valence electrons. The molecule has 0 saturated carbocycles. The van der Waals surface area contributed by atoms with Gasteiger partial charge in [-0.1, -0.05) is 11.6 Å². The van der Waals surface area contributed by atoms with Crippen LogP contribution in [0.5, 0.6) is 0 Å². The van der Waals surface area contributed by atoms with E-state index in [1.54, 1.807) is 42.3 Å². The van der Waals surface area contributed by atoms with E-state index in [1.807, 2.05) is 16.7 Å². The van der Waals surface area contributed by atoms with Crippen molar-refractivity contribution in [1.29, 1.82) is 0 Å². The number of halogens is 4. The summed E-state index contributed by atoms with van der Waals surface area (Å²) < 4.78 is 68.6. The third-order valence-electron chi connectivity index (χ3n) is 4.68. The Hall–Kier alpha value is -2.73. The first-order valence-corrected chi connectivity index (χ1v) is 11.4. The first-order valence-electron chi connectivity index (χ1n) is 9.42. The largest absolute Gasteiger partial charge is 0.422 e. The van der Waals surface area contributed by atoms with E-state index in [2.05, 4.69) is 9.28 Å². The number of amides is 1. The summed E-state index contributed by atoms with van der Waals surface area (Å²) in [5.74, 6) is 0.0641. The number of benzene rings is 1. The van der Waals surface area contributed by atoms with Crippen molar-refractivity contribution in [1.82, 2.24) is 19.7 Å². The quantitative estimate of drug-likeness (QED) is 0.505. The van der Waals surface area contributed by atoms with E-state index in [-0.39, 0.29) is 6.42 Å². The highest BCUT2D eigenvalue weighted by Crippen LogP contribution is 2.27. The van der Waals surface area contributed by atoms with E-state index < -0.39 is 41.1 Å². The van der Waals surface area contributed by atoms with Gasteiger partial charge in [-0.05, 0) is 37.6 Å². The number of hydrogen-bond donors (Lipinski definition) is 1. The number of hydrogen-bond acceptors (Lipinski definition) is 5. The number of nitrogens with one attached hydrogen (secondary N) is 1. The number of fused-ring (bicyclic) bond motifs is 1. The van der Waals surface area contributed by atoms with E-state index >= 15 is 0 Å². The average molecular weight is 493 g/mol. The maximum absolute atomic E-state index is 12.2. The summed E-state index contributed by atoms with van der Waals surface area (Å²) in [5, 5.41) is 7.60. The van der Waals surface area contributed by atoms with E-state index in [0.717, 1.165) is 10.9 Å². The lowest BCUT2D eigenvalue weighted by Gasteiger charge is -2.11. The molecule has 2 aromatic heterocycles. The highest BCUT2D eigenvalue weighted by molar-refractivity contribution is 7.87. The molecule has 8 nitrogen and oxygen atoms in total. The van der Waals surface area contributed by atoms with Crippen LogP contribution in [0.1, 0.15) is 17.7 Å². The van der Waals surface area contributed by atoms with Crippen LogP contribution in [0.4, 0.5) is 18.0 Å². The predicted octanol–water partition coefficient (Wildman–Crippen LogP) is 3.88. The Morgan fingerprint density at radius 3 is 2.69 bits per heavy atom. The van der Waals surface area contributed by atoms with E-state index in [9.17, 15) is 26.4 Å². The fraction of sp³-hybridized carbons (Fsp3) is 0.368. The fourth-order valence-electron chi connectivity index (χ4n) is 3.30. The van der Waals surface area contributed by atoms with Crippen LogP contribution in [-0.4, -0.2) is 47.3 Å². The molecule has 1 N–H and O–H groups in total. The molecule has 3 aromatic rings. The van der Waals surface area contributed by atoms with Crippen molar-refractivity contribution in [2.24, 2.45) is 7.05 Å². The number of carbonyl (C=O) groups excluding carboxylic acids is 1. The third kappa shape index (κ3) is 5.74. The van der Waals surface area contributed by atoms with Crippen molar-refractivity contribution in [2.75, 3.05) is 12.3 Å². The lowest BCUT2D eigenvalue weighted by molar-refractivity contribution is -0.133. The summed E-state index contributed by atoms with van der Waals surface area (Å²) in [6, 6.07) is 7.22. The average Bonchev–Trinajstić information content (AvgIpc) is 3.17. The standard InChI is InChI=1S/C19H20ClF3N4O4S/c1-12-15(6-10-32(29,30)31-18(28)24-8-7-19(21,22)23)17(26(2)25-12)27-9-5-13-11-14(20)3-4-16(13)27/h3-5,9,11H,6-8,10H2,1-2H3,(H,24,28). The highest BCUT2D eigenvalue weighted by atomic mass is 35.5. The molecule has 1 aromatic carbocycles. The minimum atomic E-state index is -4.48.